The van der Waals surface area contributed by atoms with E-state index in [9.17, 15) is 4.79 Å². The molecule has 1 heterocycles. The van der Waals surface area contributed by atoms with Gasteiger partial charge in [0, 0.05) is 19.2 Å². The zero-order valence-electron chi connectivity index (χ0n) is 13.1. The van der Waals surface area contributed by atoms with E-state index in [-0.39, 0.29) is 5.91 Å². The van der Waals surface area contributed by atoms with Crippen LogP contribution in [0.2, 0.25) is 0 Å². The van der Waals surface area contributed by atoms with Crippen molar-refractivity contribution in [3.8, 4) is 5.75 Å². The predicted octanol–water partition coefficient (Wildman–Crippen LogP) is 3.32. The lowest BCUT2D eigenvalue weighted by Crippen LogP contribution is -2.26. The molecule has 1 amide bonds. The lowest BCUT2D eigenvalue weighted by molar-refractivity contribution is 0.0941. The van der Waals surface area contributed by atoms with E-state index in [4.69, 9.17) is 9.47 Å². The predicted molar refractivity (Wildman–Crippen MR) is 88.8 cm³/mol. The molecule has 0 fully saturated rings. The van der Waals surface area contributed by atoms with Crippen molar-refractivity contribution in [1.29, 1.82) is 0 Å². The molecule has 0 aliphatic carbocycles. The lowest BCUT2D eigenvalue weighted by Gasteiger charge is -2.09. The first-order valence-corrected chi connectivity index (χ1v) is 8.03. The van der Waals surface area contributed by atoms with E-state index in [0.717, 1.165) is 16.9 Å². The number of amides is 1. The molecule has 1 N–H and O–H groups in total. The van der Waals surface area contributed by atoms with Crippen molar-refractivity contribution in [2.24, 2.45) is 0 Å². The molecule has 0 aliphatic rings. The smallest absolute Gasteiger partial charge is 0.261 e. The van der Waals surface area contributed by atoms with Gasteiger partial charge in [-0.2, -0.15) is 0 Å². The number of benzene rings is 1. The molecule has 5 heteroatoms. The number of carbonyl (C=O) groups excluding carboxylic acids is 1. The Bertz CT molecular complexity index is 637. The van der Waals surface area contributed by atoms with Gasteiger partial charge in [0.2, 0.25) is 0 Å². The first-order chi connectivity index (χ1) is 10.6. The SMILES string of the molecule is COCCNC(=O)c1cc(COc2cccc(C)c2C)cs1. The number of thiophene rings is 1. The normalized spacial score (nSPS) is 10.5. The number of aryl methyl sites for hydroxylation is 1. The van der Waals surface area contributed by atoms with Crippen molar-refractivity contribution in [2.45, 2.75) is 20.5 Å². The van der Waals surface area contributed by atoms with Gasteiger partial charge < -0.3 is 14.8 Å². The van der Waals surface area contributed by atoms with Crippen molar-refractivity contribution >= 4 is 17.2 Å². The molecule has 118 valence electrons. The Morgan fingerprint density at radius 2 is 2.14 bits per heavy atom. The summed E-state index contributed by atoms with van der Waals surface area (Å²) < 4.78 is 10.8. The fourth-order valence-electron chi connectivity index (χ4n) is 1.97. The van der Waals surface area contributed by atoms with Crippen LogP contribution >= 0.6 is 11.3 Å². The van der Waals surface area contributed by atoms with Crippen LogP contribution in [0.5, 0.6) is 5.75 Å². The van der Waals surface area contributed by atoms with Crippen molar-refractivity contribution in [2.75, 3.05) is 20.3 Å². The van der Waals surface area contributed by atoms with Crippen LogP contribution in [-0.4, -0.2) is 26.2 Å². The molecule has 0 unspecified atom stereocenters. The maximum atomic E-state index is 11.9. The first kappa shape index (κ1) is 16.5. The van der Waals surface area contributed by atoms with Crippen LogP contribution in [-0.2, 0) is 11.3 Å². The summed E-state index contributed by atoms with van der Waals surface area (Å²) in [6, 6.07) is 7.89. The van der Waals surface area contributed by atoms with E-state index >= 15 is 0 Å². The molecule has 2 rings (SSSR count). The summed E-state index contributed by atoms with van der Waals surface area (Å²) in [4.78, 5) is 12.6. The van der Waals surface area contributed by atoms with Gasteiger partial charge in [-0.25, -0.2) is 0 Å². The van der Waals surface area contributed by atoms with Crippen LogP contribution in [0.25, 0.3) is 0 Å². The van der Waals surface area contributed by atoms with Crippen molar-refractivity contribution in [3.63, 3.8) is 0 Å². The van der Waals surface area contributed by atoms with E-state index < -0.39 is 0 Å². The molecule has 0 bridgehead atoms. The Balaban J connectivity index is 1.92. The Morgan fingerprint density at radius 1 is 1.32 bits per heavy atom. The number of carbonyl (C=O) groups is 1. The average Bonchev–Trinajstić information content (AvgIpc) is 2.98. The minimum atomic E-state index is -0.0694. The number of hydrogen-bond donors (Lipinski definition) is 1. The highest BCUT2D eigenvalue weighted by Gasteiger charge is 2.09. The number of rotatable bonds is 7. The van der Waals surface area contributed by atoms with Gasteiger partial charge in [-0.05, 0) is 42.5 Å². The molecule has 22 heavy (non-hydrogen) atoms. The highest BCUT2D eigenvalue weighted by molar-refractivity contribution is 7.12. The summed E-state index contributed by atoms with van der Waals surface area (Å²) >= 11 is 1.43. The summed E-state index contributed by atoms with van der Waals surface area (Å²) in [5, 5.41) is 4.76. The maximum absolute atomic E-state index is 11.9. The van der Waals surface area contributed by atoms with Gasteiger partial charge >= 0.3 is 0 Å². The Hall–Kier alpha value is -1.85. The van der Waals surface area contributed by atoms with E-state index in [0.29, 0.717) is 24.6 Å². The van der Waals surface area contributed by atoms with E-state index in [1.54, 1.807) is 7.11 Å². The third-order valence-electron chi connectivity index (χ3n) is 3.42. The first-order valence-electron chi connectivity index (χ1n) is 7.15. The maximum Gasteiger partial charge on any atom is 0.261 e. The van der Waals surface area contributed by atoms with Crippen molar-refractivity contribution < 1.29 is 14.3 Å². The molecule has 0 aliphatic heterocycles. The molecule has 0 saturated heterocycles. The number of ether oxygens (including phenoxy) is 2. The van der Waals surface area contributed by atoms with E-state index in [2.05, 4.69) is 18.3 Å². The van der Waals surface area contributed by atoms with Crippen LogP contribution in [0, 0.1) is 13.8 Å². The minimum Gasteiger partial charge on any atom is -0.489 e. The Labute approximate surface area is 135 Å². The van der Waals surface area contributed by atoms with Crippen LogP contribution in [0.1, 0.15) is 26.4 Å². The van der Waals surface area contributed by atoms with E-state index in [1.807, 2.05) is 30.5 Å². The molecule has 4 nitrogen and oxygen atoms in total. The quantitative estimate of drug-likeness (QED) is 0.796. The van der Waals surface area contributed by atoms with E-state index in [1.165, 1.54) is 16.9 Å². The molecular formula is C17H21NO3S. The summed E-state index contributed by atoms with van der Waals surface area (Å²) in [6.07, 6.45) is 0. The zero-order valence-corrected chi connectivity index (χ0v) is 14.0. The average molecular weight is 319 g/mol. The largest absolute Gasteiger partial charge is 0.489 e. The second-order valence-corrected chi connectivity index (χ2v) is 5.97. The van der Waals surface area contributed by atoms with Gasteiger partial charge in [0.05, 0.1) is 11.5 Å². The van der Waals surface area contributed by atoms with Crippen LogP contribution in [0.3, 0.4) is 0 Å². The fraction of sp³-hybridized carbons (Fsp3) is 0.353. The van der Waals surface area contributed by atoms with Gasteiger partial charge in [0.1, 0.15) is 12.4 Å². The molecule has 0 atom stereocenters. The number of nitrogens with one attached hydrogen (secondary N) is 1. The third kappa shape index (κ3) is 4.32. The monoisotopic (exact) mass is 319 g/mol. The number of methoxy groups -OCH3 is 1. The third-order valence-corrected chi connectivity index (χ3v) is 4.40. The van der Waals surface area contributed by atoms with Crippen LogP contribution in [0.15, 0.2) is 29.6 Å². The standard InChI is InChI=1S/C17H21NO3S/c1-12-5-4-6-15(13(12)2)21-10-14-9-16(22-11-14)17(19)18-7-8-20-3/h4-6,9,11H,7-8,10H2,1-3H3,(H,18,19). The Kier molecular flexibility index (Phi) is 5.98. The van der Waals surface area contributed by atoms with Gasteiger partial charge in [-0.3, -0.25) is 4.79 Å². The Morgan fingerprint density at radius 3 is 2.91 bits per heavy atom. The van der Waals surface area contributed by atoms with Gasteiger partial charge in [-0.1, -0.05) is 12.1 Å². The highest BCUT2D eigenvalue weighted by Crippen LogP contribution is 2.23. The summed E-state index contributed by atoms with van der Waals surface area (Å²) in [5.41, 5.74) is 3.36. The molecule has 0 radical (unpaired) electrons. The molecule has 0 spiro atoms. The summed E-state index contributed by atoms with van der Waals surface area (Å²) in [6.45, 7) is 5.61. The van der Waals surface area contributed by atoms with Crippen LogP contribution in [0.4, 0.5) is 0 Å². The molecule has 0 saturated carbocycles. The van der Waals surface area contributed by atoms with Crippen molar-refractivity contribution in [1.82, 2.24) is 5.32 Å². The second kappa shape index (κ2) is 7.96. The van der Waals surface area contributed by atoms with Gasteiger partial charge in [0.25, 0.3) is 5.91 Å². The van der Waals surface area contributed by atoms with Crippen molar-refractivity contribution in [3.05, 3.63) is 51.2 Å². The molecular weight excluding hydrogens is 298 g/mol. The van der Waals surface area contributed by atoms with Gasteiger partial charge in [-0.15, -0.1) is 11.3 Å². The zero-order chi connectivity index (χ0) is 15.9. The van der Waals surface area contributed by atoms with Gasteiger partial charge in [0.15, 0.2) is 0 Å². The highest BCUT2D eigenvalue weighted by atomic mass is 32.1. The van der Waals surface area contributed by atoms with Crippen LogP contribution < -0.4 is 10.1 Å². The summed E-state index contributed by atoms with van der Waals surface area (Å²) in [5.74, 6) is 0.817. The molecule has 1 aromatic carbocycles. The number of hydrogen-bond acceptors (Lipinski definition) is 4. The molecule has 2 aromatic rings. The fourth-order valence-corrected chi connectivity index (χ4v) is 2.78. The lowest BCUT2D eigenvalue weighted by atomic mass is 10.1. The molecule has 1 aromatic heterocycles. The topological polar surface area (TPSA) is 47.6 Å². The minimum absolute atomic E-state index is 0.0694. The summed E-state index contributed by atoms with van der Waals surface area (Å²) in [7, 11) is 1.61. The second-order valence-electron chi connectivity index (χ2n) is 5.05.